The number of thioether (sulfide) groups is 3. The summed E-state index contributed by atoms with van der Waals surface area (Å²) >= 11 is 4.90. The number of rotatable bonds is 7. The molecule has 1 aromatic heterocycles. The number of fused-ring (bicyclic) bond motifs is 1. The van der Waals surface area contributed by atoms with Gasteiger partial charge in [-0.1, -0.05) is 16.9 Å². The molecule has 0 aromatic carbocycles. The molecule has 4 N–H and O–H groups in total. The first-order valence-corrected chi connectivity index (χ1v) is 13.0. The Morgan fingerprint density at radius 3 is 2.81 bits per heavy atom. The number of β-lactam (4-membered cyclic amide) rings is 1. The molecule has 0 bridgehead atoms. The molecule has 4 rings (SSSR count). The summed E-state index contributed by atoms with van der Waals surface area (Å²) in [6.45, 7) is 0. The van der Waals surface area contributed by atoms with Crippen LogP contribution in [0.4, 0.5) is 5.13 Å². The lowest BCUT2D eigenvalue weighted by Gasteiger charge is -2.49. The van der Waals surface area contributed by atoms with Crippen LogP contribution in [-0.2, 0) is 24.0 Å². The van der Waals surface area contributed by atoms with Crippen LogP contribution in [0.1, 0.15) is 12.1 Å². The Morgan fingerprint density at radius 2 is 2.22 bits per heavy atom. The van der Waals surface area contributed by atoms with Crippen molar-refractivity contribution in [1.82, 2.24) is 15.2 Å². The molecule has 1 aromatic rings. The van der Waals surface area contributed by atoms with Crippen LogP contribution in [-0.4, -0.2) is 78.9 Å². The molecule has 32 heavy (non-hydrogen) atoms. The van der Waals surface area contributed by atoms with E-state index in [4.69, 9.17) is 10.6 Å². The molecule has 0 spiro atoms. The number of carbonyl (C=O) groups is 4. The number of anilines is 1. The standard InChI is InChI=1S/C17H17N5O6S4/c1-28-21-9(6-4-31-17(18)19-6)12(23)20-10-13(24)22-11(15(25)26)8(5-30-14(10)22)32-7-2-3-29-16(7)27/h4,7,10,14H,2-3,5H2,1H3,(H2,18,19)(H,20,23)(H,25,26)/t7?,10-,14-/m1/s1. The Hall–Kier alpha value is -2.23. The second-order valence-electron chi connectivity index (χ2n) is 6.69. The van der Waals surface area contributed by atoms with Gasteiger partial charge in [-0.2, -0.15) is 0 Å². The highest BCUT2D eigenvalue weighted by Gasteiger charge is 2.55. The van der Waals surface area contributed by atoms with Crippen molar-refractivity contribution in [3.05, 3.63) is 21.7 Å². The van der Waals surface area contributed by atoms with Gasteiger partial charge in [0.2, 0.25) is 5.12 Å². The van der Waals surface area contributed by atoms with Gasteiger partial charge < -0.3 is 21.0 Å². The third-order valence-electron chi connectivity index (χ3n) is 4.76. The second kappa shape index (κ2) is 9.33. The van der Waals surface area contributed by atoms with Gasteiger partial charge in [0.15, 0.2) is 10.8 Å². The molecule has 0 aliphatic carbocycles. The van der Waals surface area contributed by atoms with Crippen LogP contribution in [0.15, 0.2) is 21.1 Å². The molecule has 3 aliphatic rings. The zero-order valence-corrected chi connectivity index (χ0v) is 19.7. The number of nitrogens with one attached hydrogen (secondary N) is 1. The number of carbonyl (C=O) groups excluding carboxylic acids is 3. The van der Waals surface area contributed by atoms with Crippen molar-refractivity contribution in [2.45, 2.75) is 23.1 Å². The van der Waals surface area contributed by atoms with Gasteiger partial charge in [-0.15, -0.1) is 34.9 Å². The van der Waals surface area contributed by atoms with Crippen LogP contribution in [0, 0.1) is 0 Å². The first kappa shape index (κ1) is 22.9. The zero-order chi connectivity index (χ0) is 23.0. The molecular weight excluding hydrogens is 498 g/mol. The summed E-state index contributed by atoms with van der Waals surface area (Å²) in [5.74, 6) is -1.45. The first-order valence-electron chi connectivity index (χ1n) is 9.19. The van der Waals surface area contributed by atoms with E-state index in [0.29, 0.717) is 22.8 Å². The van der Waals surface area contributed by atoms with Crippen LogP contribution in [0.2, 0.25) is 0 Å². The van der Waals surface area contributed by atoms with E-state index in [0.717, 1.165) is 11.3 Å². The molecule has 15 heteroatoms. The molecule has 0 radical (unpaired) electrons. The van der Waals surface area contributed by atoms with Crippen molar-refractivity contribution in [3.8, 4) is 0 Å². The molecular formula is C17H17N5O6S4. The smallest absolute Gasteiger partial charge is 0.353 e. The average molecular weight is 516 g/mol. The van der Waals surface area contributed by atoms with Gasteiger partial charge in [-0.25, -0.2) is 9.78 Å². The van der Waals surface area contributed by atoms with Gasteiger partial charge in [0.25, 0.3) is 11.8 Å². The van der Waals surface area contributed by atoms with Crippen LogP contribution in [0.3, 0.4) is 0 Å². The number of amides is 2. The monoisotopic (exact) mass is 515 g/mol. The average Bonchev–Trinajstić information content (AvgIpc) is 3.37. The van der Waals surface area contributed by atoms with E-state index in [9.17, 15) is 24.3 Å². The molecule has 2 amide bonds. The summed E-state index contributed by atoms with van der Waals surface area (Å²) in [5, 5.41) is 16.9. The number of nitrogen functional groups attached to an aromatic ring is 1. The van der Waals surface area contributed by atoms with E-state index in [2.05, 4.69) is 15.5 Å². The van der Waals surface area contributed by atoms with Crippen LogP contribution >= 0.6 is 46.6 Å². The summed E-state index contributed by atoms with van der Waals surface area (Å²) in [6, 6.07) is -0.935. The van der Waals surface area contributed by atoms with Gasteiger partial charge in [-0.05, 0) is 6.42 Å². The largest absolute Gasteiger partial charge is 0.477 e. The predicted molar refractivity (Wildman–Crippen MR) is 123 cm³/mol. The number of aliphatic carboxylic acids is 1. The highest BCUT2D eigenvalue weighted by Crippen LogP contribution is 2.46. The minimum absolute atomic E-state index is 0.0204. The molecule has 3 atom stereocenters. The van der Waals surface area contributed by atoms with Crippen LogP contribution in [0.25, 0.3) is 0 Å². The van der Waals surface area contributed by atoms with E-state index < -0.39 is 29.2 Å². The van der Waals surface area contributed by atoms with Crippen molar-refractivity contribution in [2.75, 3.05) is 24.3 Å². The van der Waals surface area contributed by atoms with Gasteiger partial charge in [0, 0.05) is 21.8 Å². The molecule has 2 saturated heterocycles. The molecule has 11 nitrogen and oxygen atoms in total. The fourth-order valence-electron chi connectivity index (χ4n) is 3.34. The number of hydrogen-bond acceptors (Lipinski definition) is 12. The number of aromatic nitrogens is 1. The zero-order valence-electron chi connectivity index (χ0n) is 16.5. The summed E-state index contributed by atoms with van der Waals surface area (Å²) in [7, 11) is 1.27. The van der Waals surface area contributed by atoms with E-state index >= 15 is 0 Å². The number of thiazole rings is 1. The predicted octanol–water partition coefficient (Wildman–Crippen LogP) is 0.537. The lowest BCUT2D eigenvalue weighted by molar-refractivity contribution is -0.150. The molecule has 3 aliphatic heterocycles. The number of carboxylic acids is 1. The van der Waals surface area contributed by atoms with E-state index in [1.807, 2.05) is 0 Å². The van der Waals surface area contributed by atoms with Gasteiger partial charge >= 0.3 is 5.97 Å². The Kier molecular flexibility index (Phi) is 6.69. The van der Waals surface area contributed by atoms with Gasteiger partial charge in [0.1, 0.15) is 29.9 Å². The topological polar surface area (TPSA) is 164 Å². The Bertz CT molecular complexity index is 1060. The van der Waals surface area contributed by atoms with Crippen molar-refractivity contribution in [2.24, 2.45) is 5.16 Å². The Balaban J connectivity index is 1.51. The van der Waals surface area contributed by atoms with Crippen LogP contribution < -0.4 is 11.1 Å². The van der Waals surface area contributed by atoms with E-state index in [1.54, 1.807) is 0 Å². The van der Waals surface area contributed by atoms with Crippen molar-refractivity contribution in [3.63, 3.8) is 0 Å². The number of oxime groups is 1. The number of nitrogens with zero attached hydrogens (tertiary/aromatic N) is 3. The third kappa shape index (κ3) is 4.21. The van der Waals surface area contributed by atoms with E-state index in [-0.39, 0.29) is 32.6 Å². The lowest BCUT2D eigenvalue weighted by Crippen LogP contribution is -2.71. The van der Waals surface area contributed by atoms with Crippen molar-refractivity contribution >= 4 is 80.4 Å². The fourth-order valence-corrected chi connectivity index (χ4v) is 7.89. The van der Waals surface area contributed by atoms with Crippen LogP contribution in [0.5, 0.6) is 0 Å². The molecule has 0 saturated carbocycles. The summed E-state index contributed by atoms with van der Waals surface area (Å²) in [5.41, 5.74) is 5.55. The maximum atomic E-state index is 12.8. The lowest BCUT2D eigenvalue weighted by atomic mass is 10.0. The maximum Gasteiger partial charge on any atom is 0.353 e. The summed E-state index contributed by atoms with van der Waals surface area (Å²) in [6.07, 6.45) is 0.661. The maximum absolute atomic E-state index is 12.8. The minimum atomic E-state index is -1.24. The number of hydrogen-bond donors (Lipinski definition) is 3. The third-order valence-corrected chi connectivity index (χ3v) is 9.41. The number of nitrogens with two attached hydrogens (primary N) is 1. The highest BCUT2D eigenvalue weighted by atomic mass is 32.2. The second-order valence-corrected chi connectivity index (χ2v) is 11.1. The minimum Gasteiger partial charge on any atom is -0.477 e. The van der Waals surface area contributed by atoms with Crippen molar-refractivity contribution < 1.29 is 29.1 Å². The molecule has 4 heterocycles. The normalized spacial score (nSPS) is 25.5. The molecule has 2 fully saturated rings. The van der Waals surface area contributed by atoms with Gasteiger partial charge in [-0.3, -0.25) is 19.3 Å². The SMILES string of the molecule is CON=C(C(=O)N[C@@H]1C(=O)N2C(C(=O)O)=C(SC3CCSC3=O)CS[C@H]12)c1csc(N)n1. The summed E-state index contributed by atoms with van der Waals surface area (Å²) < 4.78 is 0. The highest BCUT2D eigenvalue weighted by molar-refractivity contribution is 8.17. The first-order chi connectivity index (χ1) is 15.3. The Labute approximate surface area is 198 Å². The fraction of sp³-hybridized carbons (Fsp3) is 0.412. The number of carboxylic acid groups (broad SMARTS) is 1. The van der Waals surface area contributed by atoms with Crippen molar-refractivity contribution in [1.29, 1.82) is 0 Å². The Morgan fingerprint density at radius 1 is 1.44 bits per heavy atom. The van der Waals surface area contributed by atoms with Gasteiger partial charge in [0.05, 0.1) is 5.25 Å². The summed E-state index contributed by atoms with van der Waals surface area (Å²) in [4.78, 5) is 59.9. The molecule has 170 valence electrons. The van der Waals surface area contributed by atoms with E-state index in [1.165, 1.54) is 52.7 Å². The quantitative estimate of drug-likeness (QED) is 0.264. The molecule has 1 unspecified atom stereocenters.